The monoisotopic (exact) mass is 146 g/mol. The Morgan fingerprint density at radius 3 is 2.36 bits per heavy atom. The molecule has 0 rings (SSSR count). The van der Waals surface area contributed by atoms with Crippen LogP contribution in [0.25, 0.3) is 0 Å². The SMILES string of the molecule is CC#CC(/C=C\C=C/C)=C/C. The third kappa shape index (κ3) is 5.24. The summed E-state index contributed by atoms with van der Waals surface area (Å²) in [5.74, 6) is 5.83. The summed E-state index contributed by atoms with van der Waals surface area (Å²) in [6.07, 6.45) is 9.96. The molecule has 0 aromatic heterocycles. The Morgan fingerprint density at radius 2 is 1.91 bits per heavy atom. The average Bonchev–Trinajstić information content (AvgIpc) is 2.03. The maximum absolute atomic E-state index is 2.98. The van der Waals surface area contributed by atoms with Crippen molar-refractivity contribution in [2.45, 2.75) is 20.8 Å². The minimum absolute atomic E-state index is 1.06. The first kappa shape index (κ1) is 9.78. The van der Waals surface area contributed by atoms with E-state index in [9.17, 15) is 0 Å². The molecule has 0 aliphatic heterocycles. The first-order valence-electron chi connectivity index (χ1n) is 3.73. The smallest absolute Gasteiger partial charge is 0.0202 e. The lowest BCUT2D eigenvalue weighted by Gasteiger charge is -1.83. The summed E-state index contributed by atoms with van der Waals surface area (Å²) in [6.45, 7) is 5.82. The Kier molecular flexibility index (Phi) is 6.13. The van der Waals surface area contributed by atoms with Crippen LogP contribution in [0.4, 0.5) is 0 Å². The predicted octanol–water partition coefficient (Wildman–Crippen LogP) is 3.09. The van der Waals surface area contributed by atoms with Crippen LogP contribution < -0.4 is 0 Å². The van der Waals surface area contributed by atoms with Gasteiger partial charge in [-0.25, -0.2) is 0 Å². The van der Waals surface area contributed by atoms with Crippen molar-refractivity contribution in [1.82, 2.24) is 0 Å². The van der Waals surface area contributed by atoms with Crippen LogP contribution in [-0.4, -0.2) is 0 Å². The van der Waals surface area contributed by atoms with E-state index in [1.807, 2.05) is 51.2 Å². The van der Waals surface area contributed by atoms with Crippen LogP contribution >= 0.6 is 0 Å². The molecule has 0 unspecified atom stereocenters. The molecule has 0 heteroatoms. The lowest BCUT2D eigenvalue weighted by atomic mass is 10.2. The maximum atomic E-state index is 2.98. The van der Waals surface area contributed by atoms with Crippen molar-refractivity contribution >= 4 is 0 Å². The average molecular weight is 146 g/mol. The van der Waals surface area contributed by atoms with Crippen LogP contribution in [0.1, 0.15) is 20.8 Å². The lowest BCUT2D eigenvalue weighted by Crippen LogP contribution is -1.68. The highest BCUT2D eigenvalue weighted by Gasteiger charge is 1.77. The van der Waals surface area contributed by atoms with Gasteiger partial charge >= 0.3 is 0 Å². The number of hydrogen-bond donors (Lipinski definition) is 0. The van der Waals surface area contributed by atoms with E-state index in [1.54, 1.807) is 0 Å². The second-order valence-electron chi connectivity index (χ2n) is 2.00. The van der Waals surface area contributed by atoms with Gasteiger partial charge in [0.25, 0.3) is 0 Å². The minimum atomic E-state index is 1.06. The van der Waals surface area contributed by atoms with Crippen molar-refractivity contribution < 1.29 is 0 Å². The van der Waals surface area contributed by atoms with Gasteiger partial charge in [0.05, 0.1) is 0 Å². The van der Waals surface area contributed by atoms with E-state index in [-0.39, 0.29) is 0 Å². The van der Waals surface area contributed by atoms with E-state index in [0.717, 1.165) is 5.57 Å². The lowest BCUT2D eigenvalue weighted by molar-refractivity contribution is 1.63. The zero-order chi connectivity index (χ0) is 8.53. The van der Waals surface area contributed by atoms with E-state index < -0.39 is 0 Å². The number of hydrogen-bond acceptors (Lipinski definition) is 0. The summed E-state index contributed by atoms with van der Waals surface area (Å²) < 4.78 is 0. The van der Waals surface area contributed by atoms with E-state index in [0.29, 0.717) is 0 Å². The summed E-state index contributed by atoms with van der Waals surface area (Å²) >= 11 is 0. The molecule has 0 atom stereocenters. The van der Waals surface area contributed by atoms with Gasteiger partial charge in [-0.3, -0.25) is 0 Å². The number of allylic oxidation sites excluding steroid dienone is 6. The van der Waals surface area contributed by atoms with Crippen molar-refractivity contribution in [3.8, 4) is 11.8 Å². The van der Waals surface area contributed by atoms with Gasteiger partial charge < -0.3 is 0 Å². The Bertz CT molecular complexity index is 228. The highest BCUT2D eigenvalue weighted by Crippen LogP contribution is 1.94. The molecule has 0 amide bonds. The predicted molar refractivity (Wildman–Crippen MR) is 51.2 cm³/mol. The Morgan fingerprint density at radius 1 is 1.18 bits per heavy atom. The summed E-state index contributed by atoms with van der Waals surface area (Å²) in [6, 6.07) is 0. The zero-order valence-corrected chi connectivity index (χ0v) is 7.39. The summed E-state index contributed by atoms with van der Waals surface area (Å²) in [5, 5.41) is 0. The van der Waals surface area contributed by atoms with Crippen molar-refractivity contribution in [2.24, 2.45) is 0 Å². The van der Waals surface area contributed by atoms with Gasteiger partial charge in [-0.15, -0.1) is 5.92 Å². The van der Waals surface area contributed by atoms with Gasteiger partial charge in [0.2, 0.25) is 0 Å². The van der Waals surface area contributed by atoms with Gasteiger partial charge in [0.15, 0.2) is 0 Å². The molecule has 58 valence electrons. The van der Waals surface area contributed by atoms with Gasteiger partial charge in [0, 0.05) is 5.57 Å². The Labute approximate surface area is 69.3 Å². The van der Waals surface area contributed by atoms with Crippen LogP contribution in [0, 0.1) is 11.8 Å². The maximum Gasteiger partial charge on any atom is 0.0202 e. The molecule has 0 fully saturated rings. The van der Waals surface area contributed by atoms with E-state index in [2.05, 4.69) is 11.8 Å². The molecule has 11 heavy (non-hydrogen) atoms. The highest BCUT2D eigenvalue weighted by atomic mass is 13.8. The molecule has 0 N–H and O–H groups in total. The molecule has 0 aromatic rings. The summed E-state index contributed by atoms with van der Waals surface area (Å²) in [4.78, 5) is 0. The molecule has 0 aromatic carbocycles. The van der Waals surface area contributed by atoms with Gasteiger partial charge in [-0.2, -0.15) is 0 Å². The molecule has 0 spiro atoms. The van der Waals surface area contributed by atoms with Crippen LogP contribution in [-0.2, 0) is 0 Å². The van der Waals surface area contributed by atoms with Crippen LogP contribution in [0.3, 0.4) is 0 Å². The molecular weight excluding hydrogens is 132 g/mol. The summed E-state index contributed by atoms with van der Waals surface area (Å²) in [5.41, 5.74) is 1.06. The van der Waals surface area contributed by atoms with E-state index in [4.69, 9.17) is 0 Å². The molecule has 0 aliphatic rings. The van der Waals surface area contributed by atoms with E-state index in [1.165, 1.54) is 0 Å². The standard InChI is InChI=1S/C11H14/c1-4-7-8-10-11(6-3)9-5-2/h4,6-8,10H,1-3H3/b7-4-,10-8-,11-6-. The molecule has 0 saturated carbocycles. The van der Waals surface area contributed by atoms with Crippen LogP contribution in [0.2, 0.25) is 0 Å². The third-order valence-corrected chi connectivity index (χ3v) is 1.16. The molecule has 0 saturated heterocycles. The Balaban J connectivity index is 4.17. The Hall–Kier alpha value is -1.22. The molecule has 0 heterocycles. The highest BCUT2D eigenvalue weighted by molar-refractivity contribution is 5.38. The quantitative estimate of drug-likeness (QED) is 0.415. The topological polar surface area (TPSA) is 0 Å². The second kappa shape index (κ2) is 6.89. The van der Waals surface area contributed by atoms with Crippen molar-refractivity contribution in [2.75, 3.05) is 0 Å². The van der Waals surface area contributed by atoms with E-state index >= 15 is 0 Å². The fourth-order valence-electron chi connectivity index (χ4n) is 0.625. The van der Waals surface area contributed by atoms with Crippen molar-refractivity contribution in [3.05, 3.63) is 36.0 Å². The third-order valence-electron chi connectivity index (χ3n) is 1.16. The fraction of sp³-hybridized carbons (Fsp3) is 0.273. The molecule has 0 aliphatic carbocycles. The summed E-state index contributed by atoms with van der Waals surface area (Å²) in [7, 11) is 0. The normalized spacial score (nSPS) is 12.1. The van der Waals surface area contributed by atoms with Gasteiger partial charge in [-0.1, -0.05) is 30.2 Å². The van der Waals surface area contributed by atoms with Gasteiger partial charge in [-0.05, 0) is 26.8 Å². The van der Waals surface area contributed by atoms with Crippen LogP contribution in [0.15, 0.2) is 36.0 Å². The first-order valence-corrected chi connectivity index (χ1v) is 3.73. The van der Waals surface area contributed by atoms with Crippen molar-refractivity contribution in [3.63, 3.8) is 0 Å². The minimum Gasteiger partial charge on any atom is -0.101 e. The first-order chi connectivity index (χ1) is 5.35. The largest absolute Gasteiger partial charge is 0.101 e. The van der Waals surface area contributed by atoms with Crippen LogP contribution in [0.5, 0.6) is 0 Å². The van der Waals surface area contributed by atoms with Crippen molar-refractivity contribution in [1.29, 1.82) is 0 Å². The molecule has 0 radical (unpaired) electrons. The van der Waals surface area contributed by atoms with Gasteiger partial charge in [0.1, 0.15) is 0 Å². The molecular formula is C11H14. The molecule has 0 bridgehead atoms. The zero-order valence-electron chi connectivity index (χ0n) is 7.39. The fourth-order valence-corrected chi connectivity index (χ4v) is 0.625. The number of rotatable bonds is 2. The molecule has 0 nitrogen and oxygen atoms in total. The second-order valence-corrected chi connectivity index (χ2v) is 2.00.